The van der Waals surface area contributed by atoms with Crippen LogP contribution in [0.3, 0.4) is 0 Å². The lowest BCUT2D eigenvalue weighted by Gasteiger charge is -2.05. The van der Waals surface area contributed by atoms with Gasteiger partial charge in [0.25, 0.3) is 0 Å². The number of hydrogen-bond acceptors (Lipinski definition) is 1. The summed E-state index contributed by atoms with van der Waals surface area (Å²) in [5.74, 6) is -0.581. The van der Waals surface area contributed by atoms with Crippen molar-refractivity contribution in [1.82, 2.24) is 0 Å². The number of carbonyl (C=O) groups is 1. The van der Waals surface area contributed by atoms with Crippen molar-refractivity contribution in [2.45, 2.75) is 13.1 Å². The fourth-order valence-electron chi connectivity index (χ4n) is 1.26. The molecule has 0 unspecified atom stereocenters. The standard InChI is InChI=1S/C10H11BrFNO/c11-4-3-7-1-2-9(10(13)14)8(5-7)6-12/h1-2,5H,3-4,6H2,(H2,13,14). The van der Waals surface area contributed by atoms with Gasteiger partial charge in [-0.3, -0.25) is 4.79 Å². The van der Waals surface area contributed by atoms with Crippen LogP contribution < -0.4 is 5.73 Å². The molecule has 0 aromatic heterocycles. The van der Waals surface area contributed by atoms with Gasteiger partial charge in [-0.25, -0.2) is 4.39 Å². The number of alkyl halides is 2. The van der Waals surface area contributed by atoms with Gasteiger partial charge in [-0.2, -0.15) is 0 Å². The first kappa shape index (κ1) is 11.2. The highest BCUT2D eigenvalue weighted by molar-refractivity contribution is 9.09. The first-order valence-corrected chi connectivity index (χ1v) is 5.34. The molecule has 0 saturated carbocycles. The summed E-state index contributed by atoms with van der Waals surface area (Å²) in [5.41, 5.74) is 6.74. The minimum atomic E-state index is -0.658. The monoisotopic (exact) mass is 259 g/mol. The SMILES string of the molecule is NC(=O)c1ccc(CCBr)cc1CF. The Balaban J connectivity index is 3.05. The van der Waals surface area contributed by atoms with Crippen molar-refractivity contribution in [2.24, 2.45) is 5.73 Å². The van der Waals surface area contributed by atoms with E-state index in [-0.39, 0.29) is 5.56 Å². The molecule has 0 aliphatic carbocycles. The van der Waals surface area contributed by atoms with Gasteiger partial charge in [-0.1, -0.05) is 28.1 Å². The Bertz CT molecular complexity index is 341. The fraction of sp³-hybridized carbons (Fsp3) is 0.300. The number of halogens is 2. The third kappa shape index (κ3) is 2.54. The molecule has 0 heterocycles. The van der Waals surface area contributed by atoms with Crippen molar-refractivity contribution >= 4 is 21.8 Å². The normalized spacial score (nSPS) is 10.1. The van der Waals surface area contributed by atoms with Gasteiger partial charge < -0.3 is 5.73 Å². The zero-order valence-electron chi connectivity index (χ0n) is 7.59. The molecule has 0 aliphatic rings. The van der Waals surface area contributed by atoms with Crippen molar-refractivity contribution < 1.29 is 9.18 Å². The average Bonchev–Trinajstić information content (AvgIpc) is 2.17. The summed E-state index contributed by atoms with van der Waals surface area (Å²) in [4.78, 5) is 10.9. The highest BCUT2D eigenvalue weighted by atomic mass is 79.9. The molecular formula is C10H11BrFNO. The van der Waals surface area contributed by atoms with Crippen LogP contribution >= 0.6 is 15.9 Å². The van der Waals surface area contributed by atoms with Crippen molar-refractivity contribution in [3.8, 4) is 0 Å². The van der Waals surface area contributed by atoms with Gasteiger partial charge in [0, 0.05) is 10.9 Å². The summed E-state index contributed by atoms with van der Waals surface area (Å²) in [5, 5.41) is 0.814. The van der Waals surface area contributed by atoms with Gasteiger partial charge in [0.05, 0.1) is 0 Å². The maximum absolute atomic E-state index is 12.5. The van der Waals surface area contributed by atoms with E-state index in [1.807, 2.05) is 0 Å². The van der Waals surface area contributed by atoms with Crippen molar-refractivity contribution in [2.75, 3.05) is 5.33 Å². The summed E-state index contributed by atoms with van der Waals surface area (Å²) in [6.07, 6.45) is 0.812. The Hall–Kier alpha value is -0.900. The van der Waals surface area contributed by atoms with Crippen LogP contribution in [0.15, 0.2) is 18.2 Å². The van der Waals surface area contributed by atoms with Gasteiger partial charge >= 0.3 is 0 Å². The van der Waals surface area contributed by atoms with E-state index >= 15 is 0 Å². The molecule has 0 aliphatic heterocycles. The lowest BCUT2D eigenvalue weighted by Crippen LogP contribution is -2.13. The van der Waals surface area contributed by atoms with E-state index in [2.05, 4.69) is 15.9 Å². The Labute approximate surface area is 90.4 Å². The molecule has 14 heavy (non-hydrogen) atoms. The lowest BCUT2D eigenvalue weighted by atomic mass is 10.0. The maximum Gasteiger partial charge on any atom is 0.249 e. The molecule has 1 aromatic rings. The van der Waals surface area contributed by atoms with E-state index in [0.29, 0.717) is 5.56 Å². The van der Waals surface area contributed by atoms with Crippen LogP contribution in [0, 0.1) is 0 Å². The van der Waals surface area contributed by atoms with E-state index in [9.17, 15) is 9.18 Å². The van der Waals surface area contributed by atoms with Gasteiger partial charge in [0.2, 0.25) is 5.91 Å². The molecule has 0 spiro atoms. The van der Waals surface area contributed by atoms with E-state index in [1.165, 1.54) is 0 Å². The maximum atomic E-state index is 12.5. The fourth-order valence-corrected chi connectivity index (χ4v) is 1.72. The van der Waals surface area contributed by atoms with Crippen molar-refractivity contribution in [1.29, 1.82) is 0 Å². The van der Waals surface area contributed by atoms with Crippen molar-refractivity contribution in [3.63, 3.8) is 0 Å². The number of primary amides is 1. The number of hydrogen-bond donors (Lipinski definition) is 1. The summed E-state index contributed by atoms with van der Waals surface area (Å²) in [6.45, 7) is -0.658. The summed E-state index contributed by atoms with van der Waals surface area (Å²) < 4.78 is 12.5. The van der Waals surface area contributed by atoms with E-state index in [0.717, 1.165) is 17.3 Å². The van der Waals surface area contributed by atoms with Crippen LogP contribution in [0.1, 0.15) is 21.5 Å². The van der Waals surface area contributed by atoms with Gasteiger partial charge in [0.1, 0.15) is 6.67 Å². The summed E-state index contributed by atoms with van der Waals surface area (Å²) in [7, 11) is 0. The highest BCUT2D eigenvalue weighted by Crippen LogP contribution is 2.14. The van der Waals surface area contributed by atoms with E-state index < -0.39 is 12.6 Å². The Morgan fingerprint density at radius 1 is 1.50 bits per heavy atom. The Morgan fingerprint density at radius 2 is 2.21 bits per heavy atom. The molecule has 1 rings (SSSR count). The molecule has 76 valence electrons. The van der Waals surface area contributed by atoms with Gasteiger partial charge in [-0.15, -0.1) is 0 Å². The number of rotatable bonds is 4. The van der Waals surface area contributed by atoms with Crippen molar-refractivity contribution in [3.05, 3.63) is 34.9 Å². The number of amides is 1. The van der Waals surface area contributed by atoms with Crippen LogP contribution in [-0.2, 0) is 13.1 Å². The quantitative estimate of drug-likeness (QED) is 0.828. The number of aryl methyl sites for hydroxylation is 1. The summed E-state index contributed by atoms with van der Waals surface area (Å²) >= 11 is 3.29. The molecule has 1 aromatic carbocycles. The third-order valence-corrected chi connectivity index (χ3v) is 2.36. The highest BCUT2D eigenvalue weighted by Gasteiger charge is 2.08. The molecule has 0 saturated heterocycles. The summed E-state index contributed by atoms with van der Waals surface area (Å²) in [6, 6.07) is 5.05. The first-order valence-electron chi connectivity index (χ1n) is 4.22. The number of nitrogens with two attached hydrogens (primary N) is 1. The minimum absolute atomic E-state index is 0.269. The Kier molecular flexibility index (Phi) is 4.07. The molecule has 0 radical (unpaired) electrons. The molecule has 0 bridgehead atoms. The molecule has 2 nitrogen and oxygen atoms in total. The van der Waals surface area contributed by atoms with Crippen LogP contribution in [0.5, 0.6) is 0 Å². The smallest absolute Gasteiger partial charge is 0.249 e. The second-order valence-corrected chi connectivity index (χ2v) is 3.72. The van der Waals surface area contributed by atoms with Crippen LogP contribution in [-0.4, -0.2) is 11.2 Å². The first-order chi connectivity index (χ1) is 6.69. The van der Waals surface area contributed by atoms with Crippen LogP contribution in [0.2, 0.25) is 0 Å². The average molecular weight is 260 g/mol. The topological polar surface area (TPSA) is 43.1 Å². The minimum Gasteiger partial charge on any atom is -0.366 e. The van der Waals surface area contributed by atoms with Crippen LogP contribution in [0.25, 0.3) is 0 Å². The third-order valence-electron chi connectivity index (χ3n) is 1.96. The number of benzene rings is 1. The molecular weight excluding hydrogens is 249 g/mol. The van der Waals surface area contributed by atoms with Gasteiger partial charge in [0.15, 0.2) is 0 Å². The lowest BCUT2D eigenvalue weighted by molar-refractivity contribution is 0.0998. The molecule has 4 heteroatoms. The second kappa shape index (κ2) is 5.10. The van der Waals surface area contributed by atoms with E-state index in [1.54, 1.807) is 18.2 Å². The largest absolute Gasteiger partial charge is 0.366 e. The van der Waals surface area contributed by atoms with Gasteiger partial charge in [-0.05, 0) is 23.6 Å². The molecule has 0 atom stereocenters. The molecule has 0 fully saturated rings. The Morgan fingerprint density at radius 3 is 2.71 bits per heavy atom. The molecule has 2 N–H and O–H groups in total. The predicted octanol–water partition coefficient (Wildman–Crippen LogP) is 2.19. The zero-order chi connectivity index (χ0) is 10.6. The van der Waals surface area contributed by atoms with Crippen LogP contribution in [0.4, 0.5) is 4.39 Å². The predicted molar refractivity (Wildman–Crippen MR) is 57.3 cm³/mol. The number of carbonyl (C=O) groups excluding carboxylic acids is 1. The van der Waals surface area contributed by atoms with E-state index in [4.69, 9.17) is 5.73 Å². The molecule has 1 amide bonds. The second-order valence-electron chi connectivity index (χ2n) is 2.93. The zero-order valence-corrected chi connectivity index (χ0v) is 9.18.